The molecule has 0 saturated heterocycles. The van der Waals surface area contributed by atoms with E-state index >= 15 is 0 Å². The van der Waals surface area contributed by atoms with Crippen molar-refractivity contribution in [2.75, 3.05) is 13.3 Å². The van der Waals surface area contributed by atoms with Gasteiger partial charge in [-0.3, -0.25) is 4.79 Å². The summed E-state index contributed by atoms with van der Waals surface area (Å²) >= 11 is 0. The Morgan fingerprint density at radius 2 is 1.94 bits per heavy atom. The van der Waals surface area contributed by atoms with Gasteiger partial charge >= 0.3 is 0 Å². The van der Waals surface area contributed by atoms with Gasteiger partial charge in [-0.1, -0.05) is 0 Å². The molecule has 0 aromatic carbocycles. The number of nitrogens with one attached hydrogen (secondary N) is 1. The van der Waals surface area contributed by atoms with E-state index in [9.17, 15) is 29.3 Å². The van der Waals surface area contributed by atoms with Gasteiger partial charge < -0.3 is 35.6 Å². The minimum Gasteiger partial charge on any atom is -0.393 e. The summed E-state index contributed by atoms with van der Waals surface area (Å²) < 4.78 is 11.9. The van der Waals surface area contributed by atoms with Crippen LogP contribution in [0, 0.1) is 0 Å². The molecule has 0 aromatic rings. The van der Waals surface area contributed by atoms with Crippen LogP contribution in [0.2, 0.25) is 0 Å². The Hall–Kier alpha value is -1.13. The lowest BCUT2D eigenvalue weighted by atomic mass is 9.96. The molecule has 0 aliphatic rings. The first-order valence-corrected chi connectivity index (χ1v) is 4.53. The van der Waals surface area contributed by atoms with Crippen LogP contribution in [0.4, 0.5) is 4.39 Å². The molecule has 0 aliphatic carbocycles. The fraction of sp³-hybridized carbons (Fsp3) is 0.750. The number of carbonyl (C=O) groups excluding carboxylic acids is 2. The lowest BCUT2D eigenvalue weighted by Gasteiger charge is -2.37. The van der Waals surface area contributed by atoms with Gasteiger partial charge in [0.1, 0.15) is 18.3 Å². The molecule has 8 nitrogen and oxygen atoms in total. The molecule has 9 heteroatoms. The van der Waals surface area contributed by atoms with Crippen LogP contribution in [0.5, 0.6) is 0 Å². The van der Waals surface area contributed by atoms with Crippen molar-refractivity contribution < 1.29 is 39.5 Å². The number of aldehydes is 1. The molecule has 0 aromatic heterocycles. The topological polar surface area (TPSA) is 147 Å². The van der Waals surface area contributed by atoms with E-state index < -0.39 is 43.2 Å². The summed E-state index contributed by atoms with van der Waals surface area (Å²) in [7, 11) is 0. The number of rotatable bonds is 7. The first-order chi connectivity index (χ1) is 7.83. The van der Waals surface area contributed by atoms with E-state index in [0.29, 0.717) is 0 Å². The molecule has 0 unspecified atom stereocenters. The maximum atomic E-state index is 11.9. The van der Waals surface area contributed by atoms with Crippen LogP contribution in [0.1, 0.15) is 0 Å². The molecule has 1 amide bonds. The Kier molecular flexibility index (Phi) is 6.13. The third-order valence-electron chi connectivity index (χ3n) is 2.06. The third-order valence-corrected chi connectivity index (χ3v) is 2.06. The summed E-state index contributed by atoms with van der Waals surface area (Å²) in [6.07, 6.45) is -6.76. The zero-order valence-electron chi connectivity index (χ0n) is 8.65. The lowest BCUT2D eigenvalue weighted by molar-refractivity contribution is -0.201. The minimum absolute atomic E-state index is 0.165. The number of carbonyl (C=O) groups is 2. The van der Waals surface area contributed by atoms with Crippen molar-refractivity contribution in [1.82, 2.24) is 5.32 Å². The second-order valence-corrected chi connectivity index (χ2v) is 3.28. The maximum Gasteiger partial charge on any atom is 0.253 e. The van der Waals surface area contributed by atoms with Crippen molar-refractivity contribution in [3.8, 4) is 0 Å². The maximum absolute atomic E-state index is 11.9. The van der Waals surface area contributed by atoms with E-state index in [2.05, 4.69) is 0 Å². The molecular formula is C8H14FNO7. The Morgan fingerprint density at radius 3 is 2.29 bits per heavy atom. The quantitative estimate of drug-likeness (QED) is 0.201. The van der Waals surface area contributed by atoms with Gasteiger partial charge in [0, 0.05) is 0 Å². The highest BCUT2D eigenvalue weighted by molar-refractivity contribution is 5.78. The zero-order chi connectivity index (χ0) is 13.6. The Bertz CT molecular complexity index is 277. The highest BCUT2D eigenvalue weighted by Gasteiger charge is 2.47. The number of halogens is 1. The summed E-state index contributed by atoms with van der Waals surface area (Å²) in [4.78, 5) is 21.0. The zero-order valence-corrected chi connectivity index (χ0v) is 8.65. The minimum atomic E-state index is -2.95. The van der Waals surface area contributed by atoms with Gasteiger partial charge in [0.25, 0.3) is 5.91 Å². The monoisotopic (exact) mass is 255 g/mol. The van der Waals surface area contributed by atoms with Crippen LogP contribution in [-0.4, -0.2) is 75.0 Å². The van der Waals surface area contributed by atoms with Crippen LogP contribution < -0.4 is 5.32 Å². The molecule has 0 fully saturated rings. The van der Waals surface area contributed by atoms with Crippen molar-refractivity contribution in [3.05, 3.63) is 0 Å². The fourth-order valence-electron chi connectivity index (χ4n) is 1.09. The van der Waals surface area contributed by atoms with Gasteiger partial charge in [0.05, 0.1) is 6.61 Å². The molecule has 4 atom stereocenters. The van der Waals surface area contributed by atoms with E-state index in [0.717, 1.165) is 0 Å². The second kappa shape index (κ2) is 6.57. The number of aliphatic hydroxyl groups excluding tert-OH is 4. The van der Waals surface area contributed by atoms with Crippen molar-refractivity contribution in [2.24, 2.45) is 0 Å². The van der Waals surface area contributed by atoms with Gasteiger partial charge in [-0.05, 0) is 0 Å². The van der Waals surface area contributed by atoms with E-state index in [4.69, 9.17) is 10.2 Å². The molecule has 0 radical (unpaired) electrons. The molecule has 0 spiro atoms. The van der Waals surface area contributed by atoms with Gasteiger partial charge in [-0.15, -0.1) is 0 Å². The van der Waals surface area contributed by atoms with E-state index in [-0.39, 0.29) is 6.29 Å². The molecule has 0 bridgehead atoms. The standard InChI is InChI=1S/C8H14FNO7/c9-1-6(15)10-8(17,5(14)3-12)7(16)4(13)2-11/h2,4-5,7,12-14,16-17H,1,3H2,(H,10,15)/t4-,5+,7+,8+/m0/s1. The molecule has 100 valence electrons. The van der Waals surface area contributed by atoms with Crippen LogP contribution in [-0.2, 0) is 9.59 Å². The van der Waals surface area contributed by atoms with Crippen molar-refractivity contribution in [2.45, 2.75) is 24.0 Å². The Balaban J connectivity index is 5.08. The summed E-state index contributed by atoms with van der Waals surface area (Å²) in [5.74, 6) is -1.41. The van der Waals surface area contributed by atoms with Crippen LogP contribution in [0.25, 0.3) is 0 Å². The van der Waals surface area contributed by atoms with Gasteiger partial charge in [0.2, 0.25) is 0 Å². The van der Waals surface area contributed by atoms with Gasteiger partial charge in [0.15, 0.2) is 18.7 Å². The second-order valence-electron chi connectivity index (χ2n) is 3.28. The average molecular weight is 255 g/mol. The number of aliphatic hydroxyl groups is 5. The molecule has 0 saturated carbocycles. The van der Waals surface area contributed by atoms with Gasteiger partial charge in [-0.25, -0.2) is 4.39 Å². The van der Waals surface area contributed by atoms with Crippen molar-refractivity contribution in [1.29, 1.82) is 0 Å². The summed E-state index contributed by atoms with van der Waals surface area (Å²) in [6, 6.07) is 0. The highest BCUT2D eigenvalue weighted by Crippen LogP contribution is 2.15. The molecule has 0 aliphatic heterocycles. The van der Waals surface area contributed by atoms with Gasteiger partial charge in [-0.2, -0.15) is 0 Å². The predicted molar refractivity (Wildman–Crippen MR) is 50.2 cm³/mol. The molecule has 6 N–H and O–H groups in total. The Morgan fingerprint density at radius 1 is 1.41 bits per heavy atom. The summed E-state index contributed by atoms with van der Waals surface area (Å²) in [5, 5.41) is 47.3. The van der Waals surface area contributed by atoms with Crippen LogP contribution in [0.15, 0.2) is 0 Å². The van der Waals surface area contributed by atoms with Crippen molar-refractivity contribution >= 4 is 12.2 Å². The normalized spacial score (nSPS) is 19.9. The third kappa shape index (κ3) is 3.68. The molecule has 0 rings (SSSR count). The molecular weight excluding hydrogens is 241 g/mol. The number of hydrogen-bond donors (Lipinski definition) is 6. The smallest absolute Gasteiger partial charge is 0.253 e. The first kappa shape index (κ1) is 15.9. The highest BCUT2D eigenvalue weighted by atomic mass is 19.1. The molecule has 17 heavy (non-hydrogen) atoms. The Labute approximate surface area is 95.3 Å². The molecule has 0 heterocycles. The largest absolute Gasteiger partial charge is 0.393 e. The van der Waals surface area contributed by atoms with E-state index in [1.165, 1.54) is 5.32 Å². The van der Waals surface area contributed by atoms with Crippen LogP contribution in [0.3, 0.4) is 0 Å². The number of hydrogen-bond acceptors (Lipinski definition) is 7. The number of amides is 1. The summed E-state index contributed by atoms with van der Waals surface area (Å²) in [6.45, 7) is -2.67. The predicted octanol–water partition coefficient (Wildman–Crippen LogP) is -3.97. The first-order valence-electron chi connectivity index (χ1n) is 4.53. The summed E-state index contributed by atoms with van der Waals surface area (Å²) in [5.41, 5.74) is -2.95. The van der Waals surface area contributed by atoms with Crippen LogP contribution >= 0.6 is 0 Å². The number of alkyl halides is 1. The van der Waals surface area contributed by atoms with E-state index in [1.54, 1.807) is 0 Å². The van der Waals surface area contributed by atoms with E-state index in [1.807, 2.05) is 0 Å². The fourth-order valence-corrected chi connectivity index (χ4v) is 1.09. The SMILES string of the molecule is O=C[C@H](O)[C@@H](O)[C@@](O)(NC(=O)CF)[C@H](O)CO. The average Bonchev–Trinajstić information content (AvgIpc) is 2.35. The van der Waals surface area contributed by atoms with Crippen molar-refractivity contribution in [3.63, 3.8) is 0 Å². The lowest BCUT2D eigenvalue weighted by Crippen LogP contribution is -2.68.